The van der Waals surface area contributed by atoms with Gasteiger partial charge in [-0.25, -0.2) is 14.0 Å². The molecule has 34 heavy (non-hydrogen) atoms. The highest BCUT2D eigenvalue weighted by Gasteiger charge is 2.33. The first kappa shape index (κ1) is 24.0. The van der Waals surface area contributed by atoms with E-state index in [2.05, 4.69) is 5.32 Å². The van der Waals surface area contributed by atoms with E-state index < -0.39 is 29.0 Å². The minimum Gasteiger partial charge on any atom is -0.462 e. The largest absolute Gasteiger partial charge is 0.462 e. The molecule has 1 N–H and O–H groups in total. The molecule has 184 valence electrons. The number of carbonyl (C=O) groups excluding carboxylic acids is 2. The molecule has 2 fully saturated rings. The lowest BCUT2D eigenvalue weighted by Gasteiger charge is -2.25. The lowest BCUT2D eigenvalue weighted by molar-refractivity contribution is 0.0503. The van der Waals surface area contributed by atoms with Crippen LogP contribution in [0.4, 0.5) is 14.9 Å². The highest BCUT2D eigenvalue weighted by atomic mass is 19.1. The van der Waals surface area contributed by atoms with Gasteiger partial charge in [-0.2, -0.15) is 0 Å². The van der Waals surface area contributed by atoms with E-state index in [0.29, 0.717) is 36.3 Å². The van der Waals surface area contributed by atoms with E-state index in [-0.39, 0.29) is 24.1 Å². The van der Waals surface area contributed by atoms with Crippen LogP contribution in [-0.4, -0.2) is 47.8 Å². The SMILES string of the molecule is CCOC(=O)c1cc(C2CC2)c2c(C)c(N3CC[C@@H](NC(=O)OC(C)(C)C)C3)c(F)cn2c1=O. The third-order valence-electron chi connectivity index (χ3n) is 6.18. The summed E-state index contributed by atoms with van der Waals surface area (Å²) < 4.78 is 27.1. The van der Waals surface area contributed by atoms with Gasteiger partial charge in [-0.1, -0.05) is 0 Å². The van der Waals surface area contributed by atoms with Gasteiger partial charge in [0.1, 0.15) is 11.2 Å². The summed E-state index contributed by atoms with van der Waals surface area (Å²) in [6, 6.07) is 1.44. The maximum Gasteiger partial charge on any atom is 0.407 e. The van der Waals surface area contributed by atoms with Crippen LogP contribution in [0.15, 0.2) is 17.1 Å². The number of nitrogens with zero attached hydrogens (tertiary/aromatic N) is 2. The van der Waals surface area contributed by atoms with Crippen molar-refractivity contribution in [3.05, 3.63) is 45.1 Å². The summed E-state index contributed by atoms with van der Waals surface area (Å²) in [5, 5.41) is 2.86. The number of amides is 1. The minimum absolute atomic E-state index is 0.0735. The van der Waals surface area contributed by atoms with Crippen molar-refractivity contribution >= 4 is 23.3 Å². The molecule has 1 aliphatic heterocycles. The molecule has 0 bridgehead atoms. The topological polar surface area (TPSA) is 89.3 Å². The summed E-state index contributed by atoms with van der Waals surface area (Å²) in [4.78, 5) is 39.5. The zero-order chi connectivity index (χ0) is 24.8. The van der Waals surface area contributed by atoms with Gasteiger partial charge in [-0.3, -0.25) is 9.20 Å². The monoisotopic (exact) mass is 473 g/mol. The molecule has 1 atom stereocenters. The van der Waals surface area contributed by atoms with E-state index in [1.54, 1.807) is 40.7 Å². The molecule has 1 saturated heterocycles. The number of halogens is 1. The molecule has 4 rings (SSSR count). The van der Waals surface area contributed by atoms with Crippen molar-refractivity contribution < 1.29 is 23.5 Å². The number of pyridine rings is 2. The Hall–Kier alpha value is -3.10. The first-order chi connectivity index (χ1) is 16.0. The first-order valence-corrected chi connectivity index (χ1v) is 11.8. The van der Waals surface area contributed by atoms with Gasteiger partial charge >= 0.3 is 12.1 Å². The normalized spacial score (nSPS) is 18.3. The number of carbonyl (C=O) groups is 2. The lowest BCUT2D eigenvalue weighted by Crippen LogP contribution is -2.40. The van der Waals surface area contributed by atoms with Gasteiger partial charge in [-0.15, -0.1) is 0 Å². The summed E-state index contributed by atoms with van der Waals surface area (Å²) in [5.74, 6) is -1.02. The molecule has 8 nitrogen and oxygen atoms in total. The summed E-state index contributed by atoms with van der Waals surface area (Å²) in [6.45, 7) is 10.0. The fourth-order valence-corrected chi connectivity index (χ4v) is 4.65. The third kappa shape index (κ3) is 4.74. The zero-order valence-corrected chi connectivity index (χ0v) is 20.4. The van der Waals surface area contributed by atoms with Gasteiger partial charge in [0.15, 0.2) is 5.82 Å². The van der Waals surface area contributed by atoms with Gasteiger partial charge in [0.25, 0.3) is 5.56 Å². The van der Waals surface area contributed by atoms with Crippen molar-refractivity contribution in [3.63, 3.8) is 0 Å². The molecular weight excluding hydrogens is 441 g/mol. The number of fused-ring (bicyclic) bond motifs is 1. The van der Waals surface area contributed by atoms with Crippen LogP contribution in [0.2, 0.25) is 0 Å². The van der Waals surface area contributed by atoms with Crippen LogP contribution in [0, 0.1) is 12.7 Å². The lowest BCUT2D eigenvalue weighted by atomic mass is 10.0. The fourth-order valence-electron chi connectivity index (χ4n) is 4.65. The van der Waals surface area contributed by atoms with E-state index in [1.165, 1.54) is 10.6 Å². The molecule has 0 radical (unpaired) electrons. The van der Waals surface area contributed by atoms with E-state index in [9.17, 15) is 14.4 Å². The molecule has 1 saturated carbocycles. The number of nitrogens with one attached hydrogen (secondary N) is 1. The standard InChI is InChI=1S/C25H32FN3O5/c1-6-33-23(31)18-11-17(15-7-8-15)20-14(2)21(19(26)13-29(20)22(18)30)28-10-9-16(12-28)27-24(32)34-25(3,4)5/h11,13,15-16H,6-10,12H2,1-5H3,(H,27,32)/t16-/m1/s1. The smallest absolute Gasteiger partial charge is 0.407 e. The maximum absolute atomic E-state index is 15.4. The number of aromatic nitrogens is 1. The number of anilines is 1. The van der Waals surface area contributed by atoms with Crippen molar-refractivity contribution in [2.24, 2.45) is 0 Å². The third-order valence-corrected chi connectivity index (χ3v) is 6.18. The van der Waals surface area contributed by atoms with Crippen LogP contribution in [0.5, 0.6) is 0 Å². The average molecular weight is 474 g/mol. The van der Waals surface area contributed by atoms with Crippen LogP contribution in [0.3, 0.4) is 0 Å². The Morgan fingerprint density at radius 1 is 1.24 bits per heavy atom. The number of rotatable bonds is 5. The Morgan fingerprint density at radius 2 is 1.94 bits per heavy atom. The van der Waals surface area contributed by atoms with Gasteiger partial charge in [0.2, 0.25) is 0 Å². The average Bonchev–Trinajstić information content (AvgIpc) is 3.47. The molecule has 2 aromatic heterocycles. The Labute approximate surface area is 198 Å². The van der Waals surface area contributed by atoms with Gasteiger partial charge in [-0.05, 0) is 77.0 Å². The first-order valence-electron chi connectivity index (χ1n) is 11.8. The second-order valence-electron chi connectivity index (χ2n) is 10.1. The summed E-state index contributed by atoms with van der Waals surface area (Å²) in [7, 11) is 0. The van der Waals surface area contributed by atoms with E-state index in [1.807, 2.05) is 4.90 Å². The number of esters is 1. The van der Waals surface area contributed by atoms with Crippen molar-refractivity contribution in [1.82, 2.24) is 9.72 Å². The van der Waals surface area contributed by atoms with Crippen molar-refractivity contribution in [3.8, 4) is 0 Å². The zero-order valence-electron chi connectivity index (χ0n) is 20.4. The fraction of sp³-hybridized carbons (Fsp3) is 0.560. The summed E-state index contributed by atoms with van der Waals surface area (Å²) in [5.41, 5.74) is 1.31. The van der Waals surface area contributed by atoms with E-state index in [0.717, 1.165) is 18.4 Å². The summed E-state index contributed by atoms with van der Waals surface area (Å²) >= 11 is 0. The summed E-state index contributed by atoms with van der Waals surface area (Å²) in [6.07, 6.45) is 3.22. The number of hydrogen-bond acceptors (Lipinski definition) is 6. The molecule has 0 unspecified atom stereocenters. The predicted molar refractivity (Wildman–Crippen MR) is 126 cm³/mol. The van der Waals surface area contributed by atoms with Crippen molar-refractivity contribution in [2.75, 3.05) is 24.6 Å². The van der Waals surface area contributed by atoms with Crippen LogP contribution in [0.25, 0.3) is 5.52 Å². The number of aryl methyl sites for hydroxylation is 1. The molecular formula is C25H32FN3O5. The minimum atomic E-state index is -0.693. The van der Waals surface area contributed by atoms with E-state index >= 15 is 4.39 Å². The van der Waals surface area contributed by atoms with E-state index in [4.69, 9.17) is 9.47 Å². The number of ether oxygens (including phenoxy) is 2. The molecule has 1 amide bonds. The van der Waals surface area contributed by atoms with Gasteiger partial charge < -0.3 is 19.7 Å². The number of alkyl carbamates (subject to hydrolysis) is 1. The Kier molecular flexibility index (Phi) is 6.31. The molecule has 2 aliphatic rings. The van der Waals surface area contributed by atoms with Crippen molar-refractivity contribution in [1.29, 1.82) is 0 Å². The maximum atomic E-state index is 15.4. The molecule has 2 aromatic rings. The van der Waals surface area contributed by atoms with Gasteiger partial charge in [0, 0.05) is 13.1 Å². The van der Waals surface area contributed by atoms with Crippen LogP contribution in [0.1, 0.15) is 74.4 Å². The molecule has 0 aromatic carbocycles. The van der Waals surface area contributed by atoms with Crippen LogP contribution in [-0.2, 0) is 9.47 Å². The van der Waals surface area contributed by atoms with Crippen LogP contribution < -0.4 is 15.8 Å². The van der Waals surface area contributed by atoms with Crippen molar-refractivity contribution in [2.45, 2.75) is 71.4 Å². The van der Waals surface area contributed by atoms with Gasteiger partial charge in [0.05, 0.1) is 30.0 Å². The molecule has 3 heterocycles. The molecule has 1 aliphatic carbocycles. The predicted octanol–water partition coefficient (Wildman–Crippen LogP) is 3.90. The number of hydrogen-bond donors (Lipinski definition) is 1. The second-order valence-corrected chi connectivity index (χ2v) is 10.1. The Balaban J connectivity index is 1.70. The Bertz CT molecular complexity index is 1200. The van der Waals surface area contributed by atoms with Crippen LogP contribution >= 0.6 is 0 Å². The molecule has 9 heteroatoms. The highest BCUT2D eigenvalue weighted by molar-refractivity contribution is 5.90. The quantitative estimate of drug-likeness (QED) is 0.663. The molecule has 0 spiro atoms. The Morgan fingerprint density at radius 3 is 2.56 bits per heavy atom. The highest BCUT2D eigenvalue weighted by Crippen LogP contribution is 2.44. The second kappa shape index (κ2) is 8.92.